The molecule has 1 aliphatic rings. The number of hydrogen-bond acceptors (Lipinski definition) is 6. The first kappa shape index (κ1) is 38.6. The molecule has 0 amide bonds. The van der Waals surface area contributed by atoms with Crippen LogP contribution in [-0.2, 0) is 31.7 Å². The van der Waals surface area contributed by atoms with Gasteiger partial charge in [0.25, 0.3) is 0 Å². The number of carbonyl (C=O) groups is 1. The van der Waals surface area contributed by atoms with Gasteiger partial charge in [-0.25, -0.2) is 0 Å². The van der Waals surface area contributed by atoms with Gasteiger partial charge in [-0.05, 0) is 87.0 Å². The normalized spacial score (nSPS) is 15.9. The van der Waals surface area contributed by atoms with Crippen LogP contribution in [0.15, 0.2) is 60.7 Å². The number of halogens is 4. The van der Waals surface area contributed by atoms with Gasteiger partial charge in [0.15, 0.2) is 0 Å². The molecule has 0 unspecified atom stereocenters. The largest absolute Gasteiger partial charge is 0.491 e. The SMILES string of the molecule is Cc1c(/C=C/c2cc(OCCOCCOCCBr)c(CN3CCCC[C@H]3C(=O)OC(C)(C)C)cc2C(F)(F)F)cccc1-c1ccccc1. The smallest absolute Gasteiger partial charge is 0.417 e. The lowest BCUT2D eigenvalue weighted by Gasteiger charge is -2.36. The summed E-state index contributed by atoms with van der Waals surface area (Å²) in [6, 6.07) is 17.7. The zero-order valence-electron chi connectivity index (χ0n) is 28.8. The van der Waals surface area contributed by atoms with Crippen LogP contribution < -0.4 is 4.74 Å². The van der Waals surface area contributed by atoms with Crippen LogP contribution in [0.3, 0.4) is 0 Å². The molecule has 1 heterocycles. The molecule has 1 fully saturated rings. The van der Waals surface area contributed by atoms with Gasteiger partial charge in [-0.1, -0.05) is 83.0 Å². The molecule has 6 nitrogen and oxygen atoms in total. The quantitative estimate of drug-likeness (QED) is 0.0669. The van der Waals surface area contributed by atoms with Gasteiger partial charge in [0.05, 0.1) is 32.0 Å². The van der Waals surface area contributed by atoms with Crippen molar-refractivity contribution < 1.29 is 36.9 Å². The first-order chi connectivity index (χ1) is 23.4. The molecule has 10 heteroatoms. The molecule has 0 aromatic heterocycles. The van der Waals surface area contributed by atoms with E-state index in [1.807, 2.05) is 60.4 Å². The average Bonchev–Trinajstić information content (AvgIpc) is 3.05. The summed E-state index contributed by atoms with van der Waals surface area (Å²) in [4.78, 5) is 15.1. The second-order valence-corrected chi connectivity index (χ2v) is 13.8. The molecule has 1 atom stereocenters. The Kier molecular flexibility index (Phi) is 14.3. The minimum Gasteiger partial charge on any atom is -0.491 e. The Morgan fingerprint density at radius 2 is 1.59 bits per heavy atom. The Morgan fingerprint density at radius 3 is 2.29 bits per heavy atom. The van der Waals surface area contributed by atoms with Crippen LogP contribution >= 0.6 is 15.9 Å². The fourth-order valence-corrected chi connectivity index (χ4v) is 6.08. The molecule has 3 aromatic rings. The monoisotopic (exact) mass is 745 g/mol. The lowest BCUT2D eigenvalue weighted by Crippen LogP contribution is -2.46. The molecule has 0 saturated carbocycles. The van der Waals surface area contributed by atoms with Crippen molar-refractivity contribution in [2.75, 3.05) is 44.9 Å². The highest BCUT2D eigenvalue weighted by Gasteiger charge is 2.36. The molecule has 0 radical (unpaired) electrons. The highest BCUT2D eigenvalue weighted by molar-refractivity contribution is 9.09. The van der Waals surface area contributed by atoms with Crippen molar-refractivity contribution in [1.29, 1.82) is 0 Å². The number of hydrogen-bond donors (Lipinski definition) is 0. The second kappa shape index (κ2) is 18.2. The first-order valence-corrected chi connectivity index (χ1v) is 17.9. The predicted octanol–water partition coefficient (Wildman–Crippen LogP) is 9.35. The summed E-state index contributed by atoms with van der Waals surface area (Å²) in [5, 5.41) is 0.730. The number of rotatable bonds is 15. The number of alkyl halides is 4. The molecule has 0 bridgehead atoms. The Bertz CT molecular complexity index is 1540. The van der Waals surface area contributed by atoms with Crippen molar-refractivity contribution in [2.45, 2.75) is 71.3 Å². The summed E-state index contributed by atoms with van der Waals surface area (Å²) in [6.07, 6.45) is 0.828. The fourth-order valence-electron chi connectivity index (χ4n) is 5.85. The van der Waals surface area contributed by atoms with E-state index in [1.54, 1.807) is 26.8 Å². The van der Waals surface area contributed by atoms with Gasteiger partial charge >= 0.3 is 12.1 Å². The first-order valence-electron chi connectivity index (χ1n) is 16.8. The molecule has 0 aliphatic carbocycles. The molecule has 0 spiro atoms. The standard InChI is InChI=1S/C39H47BrF3NO5/c1-28-29(13-10-14-33(28)30-11-6-5-7-12-30)16-17-31-26-36(48-24-23-47-22-21-46-20-18-40)32(25-34(31)39(41,42)43)27-44-19-9-8-15-35(44)37(45)49-38(2,3)4/h5-7,10-14,16-17,25-26,35H,8-9,15,18-24,27H2,1-4H3/b17-16+/t35-/m0/s1. The van der Waals surface area contributed by atoms with E-state index in [9.17, 15) is 18.0 Å². The number of carbonyl (C=O) groups excluding carboxylic acids is 1. The highest BCUT2D eigenvalue weighted by Crippen LogP contribution is 2.38. The van der Waals surface area contributed by atoms with E-state index in [0.717, 1.165) is 46.5 Å². The van der Waals surface area contributed by atoms with Crippen LogP contribution in [0.4, 0.5) is 13.2 Å². The Balaban J connectivity index is 1.67. The zero-order chi connectivity index (χ0) is 35.4. The lowest BCUT2D eigenvalue weighted by molar-refractivity contribution is -0.163. The second-order valence-electron chi connectivity index (χ2n) is 13.0. The summed E-state index contributed by atoms with van der Waals surface area (Å²) >= 11 is 3.31. The van der Waals surface area contributed by atoms with Gasteiger partial charge in [0.1, 0.15) is 24.0 Å². The molecule has 1 saturated heterocycles. The van der Waals surface area contributed by atoms with Crippen LogP contribution in [0, 0.1) is 6.92 Å². The van der Waals surface area contributed by atoms with Crippen molar-refractivity contribution >= 4 is 34.1 Å². The fraction of sp³-hybridized carbons (Fsp3) is 0.462. The Labute approximate surface area is 296 Å². The number of likely N-dealkylation sites (tertiary alicyclic amines) is 1. The minimum atomic E-state index is -4.63. The van der Waals surface area contributed by atoms with E-state index < -0.39 is 23.4 Å². The predicted molar refractivity (Wildman–Crippen MR) is 192 cm³/mol. The third-order valence-corrected chi connectivity index (χ3v) is 8.51. The molecule has 49 heavy (non-hydrogen) atoms. The van der Waals surface area contributed by atoms with Gasteiger partial charge < -0.3 is 18.9 Å². The van der Waals surface area contributed by atoms with Crippen molar-refractivity contribution in [2.24, 2.45) is 0 Å². The summed E-state index contributed by atoms with van der Waals surface area (Å²) in [6.45, 7) is 9.79. The van der Waals surface area contributed by atoms with Crippen LogP contribution in [0.25, 0.3) is 23.3 Å². The van der Waals surface area contributed by atoms with E-state index in [0.29, 0.717) is 44.1 Å². The van der Waals surface area contributed by atoms with Crippen molar-refractivity contribution in [1.82, 2.24) is 4.90 Å². The Morgan fingerprint density at radius 1 is 0.898 bits per heavy atom. The lowest BCUT2D eigenvalue weighted by atomic mass is 9.95. The van der Waals surface area contributed by atoms with E-state index >= 15 is 0 Å². The van der Waals surface area contributed by atoms with Crippen molar-refractivity contribution in [3.8, 4) is 16.9 Å². The summed E-state index contributed by atoms with van der Waals surface area (Å²) in [5.41, 5.74) is 2.71. The number of benzene rings is 3. The van der Waals surface area contributed by atoms with Crippen molar-refractivity contribution in [3.05, 3.63) is 88.5 Å². The maximum Gasteiger partial charge on any atom is 0.417 e. The van der Waals surface area contributed by atoms with Crippen LogP contribution in [0.1, 0.15) is 67.9 Å². The van der Waals surface area contributed by atoms with Crippen molar-refractivity contribution in [3.63, 3.8) is 0 Å². The number of piperidine rings is 1. The maximum absolute atomic E-state index is 14.7. The van der Waals surface area contributed by atoms with Gasteiger partial charge in [-0.15, -0.1) is 0 Å². The molecule has 4 rings (SSSR count). The number of ether oxygens (including phenoxy) is 4. The molecular formula is C39H47BrF3NO5. The molecule has 0 N–H and O–H groups in total. The average molecular weight is 747 g/mol. The third kappa shape index (κ3) is 11.7. The number of esters is 1. The van der Waals surface area contributed by atoms with E-state index in [2.05, 4.69) is 15.9 Å². The van der Waals surface area contributed by atoms with Crippen LogP contribution in [0.2, 0.25) is 0 Å². The van der Waals surface area contributed by atoms with E-state index in [1.165, 1.54) is 12.1 Å². The zero-order valence-corrected chi connectivity index (χ0v) is 30.4. The summed E-state index contributed by atoms with van der Waals surface area (Å²) in [7, 11) is 0. The topological polar surface area (TPSA) is 57.2 Å². The molecule has 266 valence electrons. The number of nitrogens with zero attached hydrogens (tertiary/aromatic N) is 1. The maximum atomic E-state index is 14.7. The van der Waals surface area contributed by atoms with Gasteiger partial charge in [-0.2, -0.15) is 13.2 Å². The van der Waals surface area contributed by atoms with Crippen LogP contribution in [-0.4, -0.2) is 67.4 Å². The van der Waals surface area contributed by atoms with Gasteiger partial charge in [0, 0.05) is 17.4 Å². The van der Waals surface area contributed by atoms with Gasteiger partial charge in [0.2, 0.25) is 0 Å². The Hall–Kier alpha value is -3.18. The molecular weight excluding hydrogens is 699 g/mol. The minimum absolute atomic E-state index is 0.0119. The third-order valence-electron chi connectivity index (χ3n) is 8.19. The summed E-state index contributed by atoms with van der Waals surface area (Å²) < 4.78 is 67.0. The van der Waals surface area contributed by atoms with Crippen LogP contribution in [0.5, 0.6) is 5.75 Å². The van der Waals surface area contributed by atoms with E-state index in [-0.39, 0.29) is 31.3 Å². The van der Waals surface area contributed by atoms with E-state index in [4.69, 9.17) is 18.9 Å². The summed E-state index contributed by atoms with van der Waals surface area (Å²) in [5.74, 6) is -0.0519. The van der Waals surface area contributed by atoms with Gasteiger partial charge in [-0.3, -0.25) is 9.69 Å². The molecule has 3 aromatic carbocycles. The molecule has 1 aliphatic heterocycles. The highest BCUT2D eigenvalue weighted by atomic mass is 79.9.